The minimum absolute atomic E-state index is 0.106. The van der Waals surface area contributed by atoms with E-state index in [1.54, 1.807) is 6.92 Å². The van der Waals surface area contributed by atoms with Crippen LogP contribution in [-0.2, 0) is 10.0 Å². The monoisotopic (exact) mass is 409 g/mol. The van der Waals surface area contributed by atoms with Gasteiger partial charge in [0, 0.05) is 27.7 Å². The van der Waals surface area contributed by atoms with Crippen LogP contribution in [0.5, 0.6) is 0 Å². The first-order valence-electron chi connectivity index (χ1n) is 5.31. The number of nitrogen functional groups attached to an aromatic ring is 1. The van der Waals surface area contributed by atoms with Gasteiger partial charge in [-0.25, -0.2) is 8.42 Å². The lowest BCUT2D eigenvalue weighted by molar-refractivity contribution is 0.392. The second-order valence-corrected chi connectivity index (χ2v) is 7.69. The van der Waals surface area contributed by atoms with Crippen molar-refractivity contribution in [2.45, 2.75) is 24.3 Å². The first kappa shape index (κ1) is 16.4. The average molecular weight is 411 g/mol. The predicted molar refractivity (Wildman–Crippen MR) is 80.9 cm³/mol. The van der Waals surface area contributed by atoms with Crippen LogP contribution >= 0.6 is 31.9 Å². The van der Waals surface area contributed by atoms with Crippen molar-refractivity contribution >= 4 is 47.6 Å². The number of rotatable bonds is 4. The van der Waals surface area contributed by atoms with Crippen LogP contribution in [0.1, 0.15) is 13.3 Å². The Morgan fingerprint density at radius 2 is 1.89 bits per heavy atom. The maximum Gasteiger partial charge on any atom is 0.245 e. The van der Waals surface area contributed by atoms with E-state index in [4.69, 9.17) is 11.0 Å². The van der Waals surface area contributed by atoms with Crippen molar-refractivity contribution in [3.8, 4) is 6.07 Å². The van der Waals surface area contributed by atoms with Crippen LogP contribution in [0.2, 0.25) is 0 Å². The van der Waals surface area contributed by atoms with E-state index in [0.717, 1.165) is 0 Å². The Kier molecular flexibility index (Phi) is 5.38. The Bertz CT molecular complexity index is 602. The number of hydrogen-bond acceptors (Lipinski definition) is 4. The number of halogens is 2. The standard InChI is InChI=1S/C11H13Br2N3O2S/c1-7(3-4-14)16(2)19(17,18)11-9(12)5-8(15)6-10(11)13/h5-7H,3,15H2,1-2H3. The summed E-state index contributed by atoms with van der Waals surface area (Å²) in [6, 6.07) is 4.61. The lowest BCUT2D eigenvalue weighted by Gasteiger charge is -2.23. The van der Waals surface area contributed by atoms with Crippen LogP contribution in [-0.4, -0.2) is 25.8 Å². The molecule has 0 aromatic heterocycles. The number of nitrogens with two attached hydrogens (primary N) is 1. The van der Waals surface area contributed by atoms with E-state index in [-0.39, 0.29) is 11.3 Å². The first-order chi connectivity index (χ1) is 8.71. The molecule has 0 saturated heterocycles. The average Bonchev–Trinajstić information content (AvgIpc) is 2.26. The molecule has 0 heterocycles. The van der Waals surface area contributed by atoms with E-state index in [1.165, 1.54) is 23.5 Å². The fraction of sp³-hybridized carbons (Fsp3) is 0.364. The number of benzene rings is 1. The highest BCUT2D eigenvalue weighted by Crippen LogP contribution is 2.34. The van der Waals surface area contributed by atoms with Gasteiger partial charge in [-0.1, -0.05) is 0 Å². The van der Waals surface area contributed by atoms with Crippen LogP contribution in [0.4, 0.5) is 5.69 Å². The van der Waals surface area contributed by atoms with Gasteiger partial charge < -0.3 is 5.73 Å². The molecular weight excluding hydrogens is 398 g/mol. The minimum atomic E-state index is -3.71. The fourth-order valence-corrected chi connectivity index (χ4v) is 5.36. The smallest absolute Gasteiger partial charge is 0.245 e. The third kappa shape index (κ3) is 3.48. The maximum atomic E-state index is 12.5. The van der Waals surface area contributed by atoms with Crippen molar-refractivity contribution in [1.29, 1.82) is 5.26 Å². The van der Waals surface area contributed by atoms with E-state index in [2.05, 4.69) is 31.9 Å². The van der Waals surface area contributed by atoms with Gasteiger partial charge in [-0.3, -0.25) is 0 Å². The van der Waals surface area contributed by atoms with Gasteiger partial charge in [-0.2, -0.15) is 9.57 Å². The van der Waals surface area contributed by atoms with E-state index in [9.17, 15) is 8.42 Å². The van der Waals surface area contributed by atoms with Crippen LogP contribution in [0.25, 0.3) is 0 Å². The second kappa shape index (κ2) is 6.22. The highest BCUT2D eigenvalue weighted by molar-refractivity contribution is 9.11. The summed E-state index contributed by atoms with van der Waals surface area (Å²) < 4.78 is 27.0. The normalized spacial score (nSPS) is 13.3. The van der Waals surface area contributed by atoms with E-state index in [1.807, 2.05) is 6.07 Å². The summed E-state index contributed by atoms with van der Waals surface area (Å²) in [7, 11) is -2.25. The molecule has 0 aliphatic heterocycles. The van der Waals surface area contributed by atoms with Crippen molar-refractivity contribution in [3.05, 3.63) is 21.1 Å². The van der Waals surface area contributed by atoms with Gasteiger partial charge in [0.15, 0.2) is 0 Å². The Hall–Kier alpha value is -0.620. The molecule has 1 aromatic rings. The van der Waals surface area contributed by atoms with Gasteiger partial charge in [0.05, 0.1) is 12.5 Å². The molecule has 5 nitrogen and oxygen atoms in total. The molecule has 1 rings (SSSR count). The molecule has 1 aromatic carbocycles. The van der Waals surface area contributed by atoms with Crippen LogP contribution < -0.4 is 5.73 Å². The summed E-state index contributed by atoms with van der Waals surface area (Å²) >= 11 is 6.42. The number of sulfonamides is 1. The zero-order valence-corrected chi connectivity index (χ0v) is 14.4. The summed E-state index contributed by atoms with van der Waals surface area (Å²) in [4.78, 5) is 0.106. The molecule has 0 aliphatic rings. The van der Waals surface area contributed by atoms with E-state index in [0.29, 0.717) is 14.6 Å². The third-order valence-corrected chi connectivity index (χ3v) is 6.51. The highest BCUT2D eigenvalue weighted by atomic mass is 79.9. The summed E-state index contributed by atoms with van der Waals surface area (Å²) in [5, 5.41) is 8.66. The topological polar surface area (TPSA) is 87.2 Å². The van der Waals surface area contributed by atoms with Gasteiger partial charge in [0.25, 0.3) is 0 Å². The summed E-state index contributed by atoms with van der Waals surface area (Å²) in [5.74, 6) is 0. The van der Waals surface area contributed by atoms with Gasteiger partial charge >= 0.3 is 0 Å². The number of nitriles is 1. The third-order valence-electron chi connectivity index (χ3n) is 2.67. The van der Waals surface area contributed by atoms with Crippen LogP contribution in [0, 0.1) is 11.3 Å². The second-order valence-electron chi connectivity index (χ2n) is 4.05. The minimum Gasteiger partial charge on any atom is -0.399 e. The lowest BCUT2D eigenvalue weighted by Crippen LogP contribution is -2.35. The van der Waals surface area contributed by atoms with Crippen LogP contribution in [0.3, 0.4) is 0 Å². The summed E-state index contributed by atoms with van der Waals surface area (Å²) in [5.41, 5.74) is 6.09. The van der Waals surface area contributed by atoms with Crippen molar-refractivity contribution < 1.29 is 8.42 Å². The number of nitrogens with zero attached hydrogens (tertiary/aromatic N) is 2. The van der Waals surface area contributed by atoms with Gasteiger partial charge in [0.2, 0.25) is 10.0 Å². The van der Waals surface area contributed by atoms with Crippen molar-refractivity contribution in [2.75, 3.05) is 12.8 Å². The Balaban J connectivity index is 3.33. The zero-order valence-electron chi connectivity index (χ0n) is 10.4. The van der Waals surface area contributed by atoms with E-state index >= 15 is 0 Å². The highest BCUT2D eigenvalue weighted by Gasteiger charge is 2.29. The molecule has 104 valence electrons. The molecule has 0 aliphatic carbocycles. The molecule has 19 heavy (non-hydrogen) atoms. The Morgan fingerprint density at radius 1 is 1.42 bits per heavy atom. The SMILES string of the molecule is CC(CC#N)N(C)S(=O)(=O)c1c(Br)cc(N)cc1Br. The van der Waals surface area contributed by atoms with Gasteiger partial charge in [-0.05, 0) is 50.9 Å². The molecule has 0 spiro atoms. The zero-order chi connectivity index (χ0) is 14.8. The number of anilines is 1. The van der Waals surface area contributed by atoms with Crippen LogP contribution in [0.15, 0.2) is 26.0 Å². The molecule has 0 saturated carbocycles. The lowest BCUT2D eigenvalue weighted by atomic mass is 10.3. The molecule has 0 radical (unpaired) electrons. The van der Waals surface area contributed by atoms with Gasteiger partial charge in [0.1, 0.15) is 4.90 Å². The molecule has 0 fully saturated rings. The molecule has 1 atom stereocenters. The molecular formula is C11H13Br2N3O2S. The quantitative estimate of drug-likeness (QED) is 0.773. The van der Waals surface area contributed by atoms with Crippen molar-refractivity contribution in [1.82, 2.24) is 4.31 Å². The summed E-state index contributed by atoms with van der Waals surface area (Å²) in [6.07, 6.45) is 0.125. The van der Waals surface area contributed by atoms with Crippen molar-refractivity contribution in [3.63, 3.8) is 0 Å². The maximum absolute atomic E-state index is 12.5. The Morgan fingerprint density at radius 3 is 2.32 bits per heavy atom. The number of hydrogen-bond donors (Lipinski definition) is 1. The molecule has 1 unspecified atom stereocenters. The first-order valence-corrected chi connectivity index (χ1v) is 8.34. The fourth-order valence-electron chi connectivity index (χ4n) is 1.47. The Labute approximate surface area is 129 Å². The molecule has 8 heteroatoms. The largest absolute Gasteiger partial charge is 0.399 e. The molecule has 0 amide bonds. The van der Waals surface area contributed by atoms with Gasteiger partial charge in [-0.15, -0.1) is 0 Å². The summed E-state index contributed by atoms with van der Waals surface area (Å²) in [6.45, 7) is 1.68. The van der Waals surface area contributed by atoms with Crippen molar-refractivity contribution in [2.24, 2.45) is 0 Å². The van der Waals surface area contributed by atoms with E-state index < -0.39 is 16.1 Å². The molecule has 2 N–H and O–H groups in total. The molecule has 0 bridgehead atoms. The predicted octanol–water partition coefficient (Wildman–Crippen LogP) is 2.72.